The molecule has 0 spiro atoms. The van der Waals surface area contributed by atoms with Gasteiger partial charge in [-0.25, -0.2) is 4.39 Å². The molecule has 0 aliphatic rings. The van der Waals surface area contributed by atoms with Gasteiger partial charge in [-0.3, -0.25) is 0 Å². The van der Waals surface area contributed by atoms with Crippen LogP contribution in [-0.2, 0) is 23.4 Å². The van der Waals surface area contributed by atoms with Gasteiger partial charge in [-0.15, -0.1) is 0 Å². The van der Waals surface area contributed by atoms with Crippen LogP contribution in [0, 0.1) is 5.82 Å². The summed E-state index contributed by atoms with van der Waals surface area (Å²) in [5, 5.41) is 10.5. The zero-order valence-corrected chi connectivity index (χ0v) is 17.5. The Hall–Kier alpha value is -2.90. The Balaban J connectivity index is 1.71. The van der Waals surface area contributed by atoms with Gasteiger partial charge in [0.25, 0.3) is 0 Å². The first-order chi connectivity index (χ1) is 15.2. The first kappa shape index (κ1) is 23.8. The van der Waals surface area contributed by atoms with Crippen molar-refractivity contribution in [1.82, 2.24) is 0 Å². The van der Waals surface area contributed by atoms with Crippen LogP contribution < -0.4 is 4.74 Å². The van der Waals surface area contributed by atoms with Crippen LogP contribution in [-0.4, -0.2) is 24.5 Å². The van der Waals surface area contributed by atoms with Gasteiger partial charge >= 0.3 is 6.18 Å². The quantitative estimate of drug-likeness (QED) is 0.422. The number of benzene rings is 3. The number of alkyl halides is 3. The lowest BCUT2D eigenvalue weighted by Gasteiger charge is -2.30. The smallest absolute Gasteiger partial charge is 0.423 e. The molecule has 3 aromatic rings. The van der Waals surface area contributed by atoms with E-state index in [1.54, 1.807) is 13.0 Å². The third kappa shape index (κ3) is 5.66. The van der Waals surface area contributed by atoms with E-state index < -0.39 is 24.2 Å². The highest BCUT2D eigenvalue weighted by atomic mass is 19.4. The Labute approximate surface area is 184 Å². The molecule has 1 atom stereocenters. The molecule has 0 aliphatic heterocycles. The van der Waals surface area contributed by atoms with Gasteiger partial charge < -0.3 is 14.6 Å². The zero-order chi connectivity index (χ0) is 23.2. The molecule has 0 amide bonds. The molecule has 3 rings (SSSR count). The monoisotopic (exact) mass is 448 g/mol. The number of rotatable bonds is 9. The lowest BCUT2D eigenvalue weighted by Crippen LogP contribution is -2.46. The third-order valence-electron chi connectivity index (χ3n) is 5.04. The highest BCUT2D eigenvalue weighted by molar-refractivity contribution is 5.33. The van der Waals surface area contributed by atoms with Gasteiger partial charge in [-0.2, -0.15) is 13.2 Å². The van der Waals surface area contributed by atoms with Crippen LogP contribution in [0.5, 0.6) is 5.75 Å². The Kier molecular flexibility index (Phi) is 7.53. The van der Waals surface area contributed by atoms with E-state index in [2.05, 4.69) is 0 Å². The van der Waals surface area contributed by atoms with Crippen molar-refractivity contribution in [2.24, 2.45) is 0 Å². The molecule has 0 bridgehead atoms. The molecule has 0 saturated carbocycles. The van der Waals surface area contributed by atoms with E-state index in [-0.39, 0.29) is 12.2 Å². The summed E-state index contributed by atoms with van der Waals surface area (Å²) in [5.74, 6) is -0.00209. The topological polar surface area (TPSA) is 38.7 Å². The van der Waals surface area contributed by atoms with Crippen molar-refractivity contribution >= 4 is 0 Å². The summed E-state index contributed by atoms with van der Waals surface area (Å²) in [6.45, 7) is 0.914. The van der Waals surface area contributed by atoms with Crippen molar-refractivity contribution in [3.8, 4) is 5.75 Å². The van der Waals surface area contributed by atoms with Gasteiger partial charge in [0.1, 0.15) is 11.6 Å². The molecule has 0 fully saturated rings. The molecule has 3 nitrogen and oxygen atoms in total. The van der Waals surface area contributed by atoms with Crippen LogP contribution in [0.2, 0.25) is 0 Å². The van der Waals surface area contributed by atoms with Crippen LogP contribution in [0.25, 0.3) is 0 Å². The van der Waals surface area contributed by atoms with Gasteiger partial charge in [0.2, 0.25) is 5.60 Å². The minimum atomic E-state index is -4.96. The summed E-state index contributed by atoms with van der Waals surface area (Å²) in [4.78, 5) is 0. The van der Waals surface area contributed by atoms with Gasteiger partial charge in [0.05, 0.1) is 19.8 Å². The molecule has 7 heteroatoms. The zero-order valence-electron chi connectivity index (χ0n) is 17.5. The maximum atomic E-state index is 14.2. The minimum Gasteiger partial charge on any atom is -0.494 e. The van der Waals surface area contributed by atoms with Crippen molar-refractivity contribution in [2.75, 3.05) is 13.2 Å². The lowest BCUT2D eigenvalue weighted by atomic mass is 9.94. The van der Waals surface area contributed by atoms with Crippen LogP contribution in [0.3, 0.4) is 0 Å². The molecule has 0 heterocycles. The second-order valence-electron chi connectivity index (χ2n) is 7.40. The minimum absolute atomic E-state index is 0.211. The Morgan fingerprint density at radius 2 is 1.56 bits per heavy atom. The van der Waals surface area contributed by atoms with Gasteiger partial charge in [-0.1, -0.05) is 54.6 Å². The summed E-state index contributed by atoms with van der Waals surface area (Å²) in [7, 11) is 0. The Morgan fingerprint density at radius 1 is 0.875 bits per heavy atom. The predicted octanol–water partition coefficient (Wildman–Crippen LogP) is 5.78. The molecule has 1 unspecified atom stereocenters. The average molecular weight is 448 g/mol. The predicted molar refractivity (Wildman–Crippen MR) is 113 cm³/mol. The third-order valence-corrected chi connectivity index (χ3v) is 5.04. The molecule has 32 heavy (non-hydrogen) atoms. The SMILES string of the molecule is CCOc1ccc(C(O)(COCc2ccc(F)c(Cc3ccccc3)c2)C(F)(F)F)cc1. The van der Waals surface area contributed by atoms with Crippen LogP contribution in [0.4, 0.5) is 17.6 Å². The standard InChI is InChI=1S/C25H24F4O3/c1-2-32-22-11-9-21(10-12-22)24(30,25(27,28)29)17-31-16-19-8-13-23(26)20(15-19)14-18-6-4-3-5-7-18/h3-13,15,30H,2,14,16-17H2,1H3. The van der Waals surface area contributed by atoms with Crippen molar-refractivity contribution in [2.45, 2.75) is 31.7 Å². The van der Waals surface area contributed by atoms with Crippen molar-refractivity contribution in [1.29, 1.82) is 0 Å². The number of hydrogen-bond donors (Lipinski definition) is 1. The van der Waals surface area contributed by atoms with E-state index in [1.165, 1.54) is 24.3 Å². The van der Waals surface area contributed by atoms with Crippen LogP contribution in [0.1, 0.15) is 29.2 Å². The molecule has 1 N–H and O–H groups in total. The number of aliphatic hydroxyl groups is 1. The largest absolute Gasteiger partial charge is 0.494 e. The van der Waals surface area contributed by atoms with E-state index in [1.807, 2.05) is 30.3 Å². The first-order valence-corrected chi connectivity index (χ1v) is 10.1. The molecular weight excluding hydrogens is 424 g/mol. The van der Waals surface area contributed by atoms with E-state index in [0.29, 0.717) is 29.9 Å². The molecule has 0 saturated heterocycles. The molecule has 0 aliphatic carbocycles. The number of halogens is 4. The van der Waals surface area contributed by atoms with Crippen LogP contribution in [0.15, 0.2) is 72.8 Å². The fourth-order valence-corrected chi connectivity index (χ4v) is 3.31. The van der Waals surface area contributed by atoms with E-state index in [9.17, 15) is 22.7 Å². The van der Waals surface area contributed by atoms with Crippen molar-refractivity contribution in [3.05, 3.63) is 101 Å². The summed E-state index contributed by atoms with van der Waals surface area (Å²) in [5.41, 5.74) is -1.71. The average Bonchev–Trinajstić information content (AvgIpc) is 2.76. The maximum Gasteiger partial charge on any atom is 0.423 e. The second-order valence-corrected chi connectivity index (χ2v) is 7.40. The van der Waals surface area contributed by atoms with Crippen molar-refractivity contribution < 1.29 is 32.1 Å². The summed E-state index contributed by atoms with van der Waals surface area (Å²) < 4.78 is 65.8. The van der Waals surface area contributed by atoms with Gasteiger partial charge in [0, 0.05) is 6.42 Å². The molecule has 3 aromatic carbocycles. The summed E-state index contributed by atoms with van der Waals surface area (Å²) >= 11 is 0. The Morgan fingerprint density at radius 3 is 2.19 bits per heavy atom. The molecular formula is C25H24F4O3. The highest BCUT2D eigenvalue weighted by Gasteiger charge is 2.55. The second kappa shape index (κ2) is 10.1. The number of hydrogen-bond acceptors (Lipinski definition) is 3. The first-order valence-electron chi connectivity index (χ1n) is 10.1. The van der Waals surface area contributed by atoms with Gasteiger partial charge in [-0.05, 0) is 47.4 Å². The van der Waals surface area contributed by atoms with E-state index >= 15 is 0 Å². The number of ether oxygens (including phenoxy) is 2. The van der Waals surface area contributed by atoms with Crippen molar-refractivity contribution in [3.63, 3.8) is 0 Å². The van der Waals surface area contributed by atoms with Crippen LogP contribution >= 0.6 is 0 Å². The maximum absolute atomic E-state index is 14.2. The molecule has 170 valence electrons. The van der Waals surface area contributed by atoms with E-state index in [0.717, 1.165) is 17.7 Å². The molecule has 0 aromatic heterocycles. The lowest BCUT2D eigenvalue weighted by molar-refractivity contribution is -0.283. The van der Waals surface area contributed by atoms with Gasteiger partial charge in [0.15, 0.2) is 0 Å². The fraction of sp³-hybridized carbons (Fsp3) is 0.280. The Bertz CT molecular complexity index is 1000. The van der Waals surface area contributed by atoms with E-state index in [4.69, 9.17) is 9.47 Å². The normalized spacial score (nSPS) is 13.6. The summed E-state index contributed by atoms with van der Waals surface area (Å²) in [6, 6.07) is 18.6. The molecule has 0 radical (unpaired) electrons. The fourth-order valence-electron chi connectivity index (χ4n) is 3.31. The highest BCUT2D eigenvalue weighted by Crippen LogP contribution is 2.40. The summed E-state index contributed by atoms with van der Waals surface area (Å²) in [6.07, 6.45) is -4.61.